The van der Waals surface area contributed by atoms with E-state index in [4.69, 9.17) is 4.74 Å². The van der Waals surface area contributed by atoms with Crippen LogP contribution in [0.4, 0.5) is 4.79 Å². The number of hydroxylamine groups is 1. The minimum absolute atomic E-state index is 0.00413. The SMILES string of the molecule is CNC(=O)N1CC[C@@H](NS(=O)(=O)c2ccc(OCc3cc(C)nc4ccccc34)cc2)[C@@](C)(C(=O)NO)C1. The van der Waals surface area contributed by atoms with Gasteiger partial charge in [-0.25, -0.2) is 23.4 Å². The molecule has 0 bridgehead atoms. The fourth-order valence-corrected chi connectivity index (χ4v) is 6.10. The second-order valence-electron chi connectivity index (χ2n) is 9.50. The number of aromatic nitrogens is 1. The van der Waals surface area contributed by atoms with Gasteiger partial charge in [0.05, 0.1) is 15.8 Å². The highest BCUT2D eigenvalue weighted by molar-refractivity contribution is 7.89. The van der Waals surface area contributed by atoms with Crippen LogP contribution in [0.15, 0.2) is 59.5 Å². The first-order chi connectivity index (χ1) is 18.1. The first-order valence-corrected chi connectivity index (χ1v) is 13.6. The van der Waals surface area contributed by atoms with E-state index in [1.54, 1.807) is 17.6 Å². The maximum atomic E-state index is 13.2. The zero-order chi connectivity index (χ0) is 27.5. The van der Waals surface area contributed by atoms with Gasteiger partial charge in [-0.3, -0.25) is 15.0 Å². The molecule has 0 radical (unpaired) electrons. The lowest BCUT2D eigenvalue weighted by Gasteiger charge is -2.44. The highest BCUT2D eigenvalue weighted by Gasteiger charge is 2.48. The number of urea groups is 1. The van der Waals surface area contributed by atoms with Gasteiger partial charge < -0.3 is 15.0 Å². The smallest absolute Gasteiger partial charge is 0.317 e. The predicted molar refractivity (Wildman–Crippen MR) is 140 cm³/mol. The van der Waals surface area contributed by atoms with Crippen molar-refractivity contribution in [1.29, 1.82) is 0 Å². The monoisotopic (exact) mass is 541 g/mol. The highest BCUT2D eigenvalue weighted by Crippen LogP contribution is 2.32. The van der Waals surface area contributed by atoms with Gasteiger partial charge in [-0.2, -0.15) is 0 Å². The Labute approximate surface area is 221 Å². The second kappa shape index (κ2) is 10.9. The number of sulfonamides is 1. The number of hydrogen-bond acceptors (Lipinski definition) is 7. The molecule has 11 nitrogen and oxygen atoms in total. The van der Waals surface area contributed by atoms with Crippen LogP contribution >= 0.6 is 0 Å². The van der Waals surface area contributed by atoms with E-state index in [2.05, 4.69) is 15.0 Å². The molecule has 4 N–H and O–H groups in total. The molecule has 202 valence electrons. The molecule has 2 aromatic carbocycles. The van der Waals surface area contributed by atoms with E-state index in [1.807, 2.05) is 37.3 Å². The van der Waals surface area contributed by atoms with Crippen molar-refractivity contribution in [3.8, 4) is 5.75 Å². The van der Waals surface area contributed by atoms with Crippen LogP contribution in [-0.2, 0) is 21.4 Å². The number of nitrogens with one attached hydrogen (secondary N) is 3. The molecular formula is C26H31N5O6S. The van der Waals surface area contributed by atoms with Gasteiger partial charge in [0.2, 0.25) is 10.0 Å². The van der Waals surface area contributed by atoms with Crippen molar-refractivity contribution in [3.63, 3.8) is 0 Å². The quantitative estimate of drug-likeness (QED) is 0.265. The average Bonchev–Trinajstić information content (AvgIpc) is 2.91. The molecule has 12 heteroatoms. The Morgan fingerprint density at radius 2 is 1.89 bits per heavy atom. The lowest BCUT2D eigenvalue weighted by Crippen LogP contribution is -2.63. The van der Waals surface area contributed by atoms with Crippen molar-refractivity contribution >= 4 is 32.9 Å². The zero-order valence-corrected chi connectivity index (χ0v) is 22.2. The van der Waals surface area contributed by atoms with Gasteiger partial charge in [-0.1, -0.05) is 18.2 Å². The number of likely N-dealkylation sites (tertiary alicyclic amines) is 1. The normalized spacial score (nSPS) is 19.7. The highest BCUT2D eigenvalue weighted by atomic mass is 32.2. The number of benzene rings is 2. The number of aryl methyl sites for hydroxylation is 1. The van der Waals surface area contributed by atoms with Gasteiger partial charge in [-0.15, -0.1) is 0 Å². The molecule has 3 amide bonds. The Morgan fingerprint density at radius 1 is 1.18 bits per heavy atom. The van der Waals surface area contributed by atoms with Crippen molar-refractivity contribution < 1.29 is 28.0 Å². The van der Waals surface area contributed by atoms with E-state index in [-0.39, 0.29) is 31.0 Å². The number of hydrogen-bond donors (Lipinski definition) is 4. The number of ether oxygens (including phenoxy) is 1. The Morgan fingerprint density at radius 3 is 2.58 bits per heavy atom. The molecule has 2 atom stereocenters. The van der Waals surface area contributed by atoms with Crippen molar-refractivity contribution in [3.05, 3.63) is 65.9 Å². The first-order valence-electron chi connectivity index (χ1n) is 12.1. The van der Waals surface area contributed by atoms with E-state index in [1.165, 1.54) is 31.0 Å². The molecule has 1 aliphatic rings. The van der Waals surface area contributed by atoms with Crippen LogP contribution in [0.3, 0.4) is 0 Å². The fraction of sp³-hybridized carbons (Fsp3) is 0.346. The van der Waals surface area contributed by atoms with Crippen LogP contribution in [0.5, 0.6) is 5.75 Å². The van der Waals surface area contributed by atoms with Gasteiger partial charge in [0, 0.05) is 42.8 Å². The maximum Gasteiger partial charge on any atom is 0.317 e. The molecule has 38 heavy (non-hydrogen) atoms. The zero-order valence-electron chi connectivity index (χ0n) is 21.4. The van der Waals surface area contributed by atoms with E-state index in [0.717, 1.165) is 22.2 Å². The summed E-state index contributed by atoms with van der Waals surface area (Å²) in [4.78, 5) is 30.6. The first kappa shape index (κ1) is 27.3. The van der Waals surface area contributed by atoms with Gasteiger partial charge in [-0.05, 0) is 56.7 Å². The number of carbonyl (C=O) groups excluding carboxylic acids is 2. The fourth-order valence-electron chi connectivity index (χ4n) is 4.71. The van der Waals surface area contributed by atoms with Crippen LogP contribution in [0.25, 0.3) is 10.9 Å². The second-order valence-corrected chi connectivity index (χ2v) is 11.2. The molecule has 1 aliphatic heterocycles. The standard InChI is InChI=1S/C26H31N5O6S/c1-17-14-18(21-6-4-5-7-22(21)28-17)15-37-19-8-10-20(11-9-19)38(35,36)30-23-12-13-31(25(33)27-3)16-26(23,2)24(32)29-34/h4-11,14,23,30,34H,12-13,15-16H2,1-3H3,(H,27,33)(H,29,32)/t23-,26+/m1/s1. The number of carbonyl (C=O) groups is 2. The predicted octanol–water partition coefficient (Wildman–Crippen LogP) is 2.33. The van der Waals surface area contributed by atoms with Gasteiger partial charge in [0.25, 0.3) is 5.91 Å². The summed E-state index contributed by atoms with van der Waals surface area (Å²) < 4.78 is 34.9. The largest absolute Gasteiger partial charge is 0.489 e. The minimum atomic E-state index is -4.03. The third-order valence-corrected chi connectivity index (χ3v) is 8.34. The summed E-state index contributed by atoms with van der Waals surface area (Å²) in [5.41, 5.74) is 2.92. The summed E-state index contributed by atoms with van der Waals surface area (Å²) in [5, 5.41) is 12.8. The van der Waals surface area contributed by atoms with Crippen LogP contribution < -0.4 is 20.3 Å². The molecule has 1 fully saturated rings. The summed E-state index contributed by atoms with van der Waals surface area (Å²) in [6.07, 6.45) is 0.178. The Kier molecular flexibility index (Phi) is 7.86. The molecule has 3 aromatic rings. The van der Waals surface area contributed by atoms with Crippen LogP contribution in [0, 0.1) is 12.3 Å². The third-order valence-electron chi connectivity index (χ3n) is 6.85. The van der Waals surface area contributed by atoms with Crippen molar-refractivity contribution in [2.45, 2.75) is 37.8 Å². The topological polar surface area (TPSA) is 150 Å². The summed E-state index contributed by atoms with van der Waals surface area (Å²) >= 11 is 0. The Bertz CT molecular complexity index is 1450. The summed E-state index contributed by atoms with van der Waals surface area (Å²) in [5.74, 6) is -0.299. The lowest BCUT2D eigenvalue weighted by atomic mass is 9.77. The maximum absolute atomic E-state index is 13.2. The van der Waals surface area contributed by atoms with E-state index in [0.29, 0.717) is 5.75 Å². The van der Waals surface area contributed by atoms with Crippen molar-refractivity contribution in [2.24, 2.45) is 5.41 Å². The molecular weight excluding hydrogens is 510 g/mol. The molecule has 1 saturated heterocycles. The molecule has 4 rings (SSSR count). The van der Waals surface area contributed by atoms with Crippen molar-refractivity contribution in [1.82, 2.24) is 25.4 Å². The number of pyridine rings is 1. The Balaban J connectivity index is 1.48. The van der Waals surface area contributed by atoms with Crippen LogP contribution in [0.1, 0.15) is 24.6 Å². The molecule has 2 heterocycles. The number of para-hydroxylation sites is 1. The molecule has 0 aliphatic carbocycles. The molecule has 0 unspecified atom stereocenters. The van der Waals surface area contributed by atoms with E-state index >= 15 is 0 Å². The van der Waals surface area contributed by atoms with Gasteiger partial charge in [0.1, 0.15) is 12.4 Å². The van der Waals surface area contributed by atoms with Gasteiger partial charge >= 0.3 is 6.03 Å². The summed E-state index contributed by atoms with van der Waals surface area (Å²) in [6.45, 7) is 3.86. The number of amides is 3. The molecule has 1 aromatic heterocycles. The van der Waals surface area contributed by atoms with Crippen LogP contribution in [-0.4, -0.2) is 61.6 Å². The lowest BCUT2D eigenvalue weighted by molar-refractivity contribution is -0.142. The number of rotatable bonds is 7. The van der Waals surface area contributed by atoms with Crippen molar-refractivity contribution in [2.75, 3.05) is 20.1 Å². The Hall–Kier alpha value is -3.74. The minimum Gasteiger partial charge on any atom is -0.489 e. The number of nitrogens with zero attached hydrogens (tertiary/aromatic N) is 2. The van der Waals surface area contributed by atoms with Gasteiger partial charge in [0.15, 0.2) is 0 Å². The number of fused-ring (bicyclic) bond motifs is 1. The average molecular weight is 542 g/mol. The number of piperidine rings is 1. The van der Waals surface area contributed by atoms with E-state index in [9.17, 15) is 23.2 Å². The third kappa shape index (κ3) is 5.57. The summed E-state index contributed by atoms with van der Waals surface area (Å²) in [7, 11) is -2.56. The summed E-state index contributed by atoms with van der Waals surface area (Å²) in [6, 6.07) is 14.5. The van der Waals surface area contributed by atoms with Crippen LogP contribution in [0.2, 0.25) is 0 Å². The van der Waals surface area contributed by atoms with E-state index < -0.39 is 33.4 Å². The molecule has 0 saturated carbocycles. The molecule has 0 spiro atoms.